The Bertz CT molecular complexity index is 1640. The maximum atomic E-state index is 13.1. The minimum absolute atomic E-state index is 0.0485. The summed E-state index contributed by atoms with van der Waals surface area (Å²) < 4.78 is 37.0. The topological polar surface area (TPSA) is 119 Å². The summed E-state index contributed by atoms with van der Waals surface area (Å²) in [6, 6.07) is 13.5. The Balaban J connectivity index is 1.58. The molecule has 1 aliphatic heterocycles. The molecule has 14 heteroatoms. The van der Waals surface area contributed by atoms with E-state index >= 15 is 0 Å². The molecular formula is C26H19Cl2IN2O7S2. The average Bonchev–Trinajstić information content (AvgIpc) is 3.14. The summed E-state index contributed by atoms with van der Waals surface area (Å²) in [5.41, 5.74) is 1.37. The Labute approximate surface area is 258 Å². The van der Waals surface area contributed by atoms with Gasteiger partial charge in [-0.05, 0) is 94.5 Å². The van der Waals surface area contributed by atoms with Crippen LogP contribution in [0.3, 0.4) is 0 Å². The second-order valence-corrected chi connectivity index (χ2v) is 12.8. The van der Waals surface area contributed by atoms with E-state index in [0.717, 1.165) is 16.7 Å². The summed E-state index contributed by atoms with van der Waals surface area (Å²) in [6.07, 6.45) is 1.50. The number of thioether (sulfide) groups is 1. The molecule has 1 saturated heterocycles. The Morgan fingerprint density at radius 3 is 2.35 bits per heavy atom. The maximum absolute atomic E-state index is 13.1. The lowest BCUT2D eigenvalue weighted by atomic mass is 10.1. The normalized spacial score (nSPS) is 14.5. The molecule has 0 unspecified atom stereocenters. The standard InChI is InChI=1S/C26H19Cl2IN2O7S2/c1-14(32)30-16-6-8-17(9-7-16)40(35,36)38-24-21(29)10-15(11-22(24)37-2)12-23-25(33)31(26(34)39-23)13-18-19(27)4-3-5-20(18)28/h3-12H,13H2,1-2H3,(H,30,32)/b23-12-. The molecule has 0 aromatic heterocycles. The summed E-state index contributed by atoms with van der Waals surface area (Å²) in [7, 11) is -2.91. The maximum Gasteiger partial charge on any atom is 0.339 e. The number of nitrogens with one attached hydrogen (secondary N) is 1. The molecule has 3 aromatic rings. The highest BCUT2D eigenvalue weighted by molar-refractivity contribution is 14.1. The van der Waals surface area contributed by atoms with Crippen molar-refractivity contribution in [2.75, 3.05) is 12.4 Å². The number of hydrogen-bond donors (Lipinski definition) is 1. The largest absolute Gasteiger partial charge is 0.493 e. The van der Waals surface area contributed by atoms with Crippen molar-refractivity contribution in [1.29, 1.82) is 0 Å². The van der Waals surface area contributed by atoms with Gasteiger partial charge >= 0.3 is 10.1 Å². The first-order chi connectivity index (χ1) is 18.9. The highest BCUT2D eigenvalue weighted by atomic mass is 127. The summed E-state index contributed by atoms with van der Waals surface area (Å²) in [5.74, 6) is -0.766. The molecule has 1 N–H and O–H groups in total. The Morgan fingerprint density at radius 1 is 1.10 bits per heavy atom. The van der Waals surface area contributed by atoms with E-state index in [1.165, 1.54) is 50.4 Å². The number of rotatable bonds is 8. The van der Waals surface area contributed by atoms with Gasteiger partial charge in [0.15, 0.2) is 11.5 Å². The van der Waals surface area contributed by atoms with Crippen LogP contribution >= 0.6 is 57.6 Å². The molecule has 4 rings (SSSR count). The molecule has 40 heavy (non-hydrogen) atoms. The Kier molecular flexibility index (Phi) is 9.35. The third kappa shape index (κ3) is 6.74. The van der Waals surface area contributed by atoms with Gasteiger partial charge in [-0.15, -0.1) is 0 Å². The van der Waals surface area contributed by atoms with E-state index in [4.69, 9.17) is 32.1 Å². The van der Waals surface area contributed by atoms with Gasteiger partial charge in [0.1, 0.15) is 4.90 Å². The van der Waals surface area contributed by atoms with Crippen LogP contribution in [0.15, 0.2) is 64.4 Å². The van der Waals surface area contributed by atoms with Gasteiger partial charge in [-0.25, -0.2) is 0 Å². The van der Waals surface area contributed by atoms with Crippen molar-refractivity contribution in [2.45, 2.75) is 18.4 Å². The Hall–Kier alpha value is -2.78. The Morgan fingerprint density at radius 2 is 1.75 bits per heavy atom. The number of amides is 3. The molecule has 1 aliphatic rings. The lowest BCUT2D eigenvalue weighted by Gasteiger charge is -2.15. The molecule has 208 valence electrons. The molecule has 0 bridgehead atoms. The summed E-state index contributed by atoms with van der Waals surface area (Å²) in [6.45, 7) is 1.26. The predicted molar refractivity (Wildman–Crippen MR) is 162 cm³/mol. The fourth-order valence-corrected chi connectivity index (χ4v) is 6.80. The summed E-state index contributed by atoms with van der Waals surface area (Å²) >= 11 is 15.1. The van der Waals surface area contributed by atoms with Crippen LogP contribution < -0.4 is 14.2 Å². The van der Waals surface area contributed by atoms with E-state index in [1.54, 1.807) is 24.3 Å². The monoisotopic (exact) mass is 732 g/mol. The van der Waals surface area contributed by atoms with Crippen molar-refractivity contribution >= 4 is 96.5 Å². The SMILES string of the molecule is COc1cc(/C=C2\SC(=O)N(Cc3c(Cl)cccc3Cl)C2=O)cc(I)c1OS(=O)(=O)c1ccc(NC(C)=O)cc1. The van der Waals surface area contributed by atoms with Gasteiger partial charge in [0.25, 0.3) is 11.1 Å². The lowest BCUT2D eigenvalue weighted by molar-refractivity contribution is -0.123. The third-order valence-electron chi connectivity index (χ3n) is 5.46. The fraction of sp³-hybridized carbons (Fsp3) is 0.115. The van der Waals surface area contributed by atoms with E-state index in [-0.39, 0.29) is 33.8 Å². The number of nitrogens with zero attached hydrogens (tertiary/aromatic N) is 1. The van der Waals surface area contributed by atoms with Gasteiger partial charge in [-0.2, -0.15) is 8.42 Å². The van der Waals surface area contributed by atoms with Crippen molar-refractivity contribution in [3.05, 3.63) is 84.2 Å². The molecule has 0 spiro atoms. The minimum Gasteiger partial charge on any atom is -0.493 e. The van der Waals surface area contributed by atoms with Crippen LogP contribution in [0.1, 0.15) is 18.1 Å². The zero-order valence-corrected chi connectivity index (χ0v) is 26.0. The summed E-state index contributed by atoms with van der Waals surface area (Å²) in [4.78, 5) is 38.0. The van der Waals surface area contributed by atoms with Gasteiger partial charge in [0, 0.05) is 28.2 Å². The number of anilines is 1. The predicted octanol–water partition coefficient (Wildman–Crippen LogP) is 6.57. The van der Waals surface area contributed by atoms with Crippen molar-refractivity contribution in [1.82, 2.24) is 4.90 Å². The van der Waals surface area contributed by atoms with Crippen molar-refractivity contribution in [3.8, 4) is 11.5 Å². The third-order valence-corrected chi connectivity index (χ3v) is 9.11. The molecule has 0 aliphatic carbocycles. The second kappa shape index (κ2) is 12.4. The van der Waals surface area contributed by atoms with Crippen molar-refractivity contribution in [3.63, 3.8) is 0 Å². The first-order valence-electron chi connectivity index (χ1n) is 11.3. The van der Waals surface area contributed by atoms with Crippen LogP contribution in [0.25, 0.3) is 6.08 Å². The van der Waals surface area contributed by atoms with Crippen molar-refractivity contribution < 1.29 is 31.7 Å². The smallest absolute Gasteiger partial charge is 0.339 e. The second-order valence-electron chi connectivity index (χ2n) is 8.25. The van der Waals surface area contributed by atoms with Crippen LogP contribution in [0, 0.1) is 3.57 Å². The van der Waals surface area contributed by atoms with E-state index < -0.39 is 21.3 Å². The zero-order chi connectivity index (χ0) is 29.2. The van der Waals surface area contributed by atoms with Crippen LogP contribution in [-0.4, -0.2) is 37.5 Å². The number of ether oxygens (including phenoxy) is 1. The molecular weight excluding hydrogens is 714 g/mol. The number of hydrogen-bond acceptors (Lipinski definition) is 8. The van der Waals surface area contributed by atoms with Gasteiger partial charge in [0.05, 0.1) is 22.1 Å². The number of carbonyl (C=O) groups is 3. The van der Waals surface area contributed by atoms with Gasteiger partial charge < -0.3 is 14.2 Å². The molecule has 1 heterocycles. The number of halogens is 3. The number of carbonyl (C=O) groups excluding carboxylic acids is 3. The van der Waals surface area contributed by atoms with Crippen molar-refractivity contribution in [2.24, 2.45) is 0 Å². The van der Waals surface area contributed by atoms with Crippen LogP contribution in [0.5, 0.6) is 11.5 Å². The van der Waals surface area contributed by atoms with E-state index in [2.05, 4.69) is 5.32 Å². The van der Waals surface area contributed by atoms with Gasteiger partial charge in [0.2, 0.25) is 5.91 Å². The number of imide groups is 1. The molecule has 0 radical (unpaired) electrons. The molecule has 3 aromatic carbocycles. The molecule has 3 amide bonds. The summed E-state index contributed by atoms with van der Waals surface area (Å²) in [5, 5.41) is 2.75. The quantitative estimate of drug-likeness (QED) is 0.157. The fourth-order valence-electron chi connectivity index (χ4n) is 3.60. The van der Waals surface area contributed by atoms with E-state index in [0.29, 0.717) is 30.4 Å². The van der Waals surface area contributed by atoms with Crippen LogP contribution in [0.4, 0.5) is 10.5 Å². The van der Waals surface area contributed by atoms with E-state index in [1.807, 2.05) is 22.6 Å². The van der Waals surface area contributed by atoms with E-state index in [9.17, 15) is 22.8 Å². The zero-order valence-electron chi connectivity index (χ0n) is 20.7. The number of benzene rings is 3. The van der Waals surface area contributed by atoms with Gasteiger partial charge in [-0.3, -0.25) is 19.3 Å². The molecule has 9 nitrogen and oxygen atoms in total. The average molecular weight is 733 g/mol. The first-order valence-corrected chi connectivity index (χ1v) is 15.3. The molecule has 0 saturated carbocycles. The minimum atomic E-state index is -4.25. The highest BCUT2D eigenvalue weighted by Gasteiger charge is 2.36. The van der Waals surface area contributed by atoms with Crippen LogP contribution in [-0.2, 0) is 26.3 Å². The lowest BCUT2D eigenvalue weighted by Crippen LogP contribution is -2.27. The van der Waals surface area contributed by atoms with Crippen LogP contribution in [0.2, 0.25) is 10.0 Å². The molecule has 1 fully saturated rings. The molecule has 0 atom stereocenters. The number of methoxy groups -OCH3 is 1. The highest BCUT2D eigenvalue weighted by Crippen LogP contribution is 2.39. The van der Waals surface area contributed by atoms with Gasteiger partial charge in [-0.1, -0.05) is 29.3 Å². The first kappa shape index (κ1) is 30.2.